The number of halogens is 1. The summed E-state index contributed by atoms with van der Waals surface area (Å²) < 4.78 is 0.982. The maximum Gasteiger partial charge on any atom is 0.271 e. The van der Waals surface area contributed by atoms with Gasteiger partial charge in [-0.05, 0) is 48.2 Å². The third kappa shape index (κ3) is 4.28. The smallest absolute Gasteiger partial charge is 0.267 e. The third-order valence-electron chi connectivity index (χ3n) is 3.41. The average Bonchev–Trinajstić information content (AvgIpc) is 2.52. The third-order valence-corrected chi connectivity index (χ3v) is 3.90. The van der Waals surface area contributed by atoms with Crippen molar-refractivity contribution in [2.45, 2.75) is 26.7 Å². The van der Waals surface area contributed by atoms with Crippen LogP contribution in [0.2, 0.25) is 0 Å². The van der Waals surface area contributed by atoms with Gasteiger partial charge in [0, 0.05) is 10.0 Å². The molecule has 22 heavy (non-hydrogen) atoms. The Morgan fingerprint density at radius 1 is 1.09 bits per heavy atom. The van der Waals surface area contributed by atoms with Crippen molar-refractivity contribution >= 4 is 27.5 Å². The second kappa shape index (κ2) is 7.36. The van der Waals surface area contributed by atoms with E-state index in [4.69, 9.17) is 0 Å². The van der Waals surface area contributed by atoms with Gasteiger partial charge in [0.05, 0.1) is 5.71 Å². The van der Waals surface area contributed by atoms with Gasteiger partial charge >= 0.3 is 0 Å². The largest absolute Gasteiger partial charge is 0.271 e. The van der Waals surface area contributed by atoms with Crippen molar-refractivity contribution in [2.24, 2.45) is 5.10 Å². The van der Waals surface area contributed by atoms with E-state index >= 15 is 0 Å². The van der Waals surface area contributed by atoms with Gasteiger partial charge in [0.1, 0.15) is 0 Å². The lowest BCUT2D eigenvalue weighted by Gasteiger charge is -2.07. The molecule has 0 heterocycles. The lowest BCUT2D eigenvalue weighted by atomic mass is 10.0. The zero-order valence-corrected chi connectivity index (χ0v) is 14.5. The number of carbonyl (C=O) groups excluding carboxylic acids is 1. The van der Waals surface area contributed by atoms with Crippen molar-refractivity contribution in [2.75, 3.05) is 0 Å². The number of carbonyl (C=O) groups is 1. The highest BCUT2D eigenvalue weighted by Gasteiger charge is 2.06. The monoisotopic (exact) mass is 358 g/mol. The fourth-order valence-electron chi connectivity index (χ4n) is 2.00. The van der Waals surface area contributed by atoms with Crippen molar-refractivity contribution in [3.8, 4) is 0 Å². The number of hydrogen-bond donors (Lipinski definition) is 1. The molecule has 0 bridgehead atoms. The highest BCUT2D eigenvalue weighted by molar-refractivity contribution is 9.10. The van der Waals surface area contributed by atoms with E-state index in [1.54, 1.807) is 0 Å². The predicted molar refractivity (Wildman–Crippen MR) is 94.4 cm³/mol. The Morgan fingerprint density at radius 2 is 1.77 bits per heavy atom. The molecule has 2 aromatic rings. The van der Waals surface area contributed by atoms with Gasteiger partial charge in [-0.15, -0.1) is 0 Å². The van der Waals surface area contributed by atoms with Gasteiger partial charge < -0.3 is 0 Å². The first kappa shape index (κ1) is 16.4. The van der Waals surface area contributed by atoms with Gasteiger partial charge in [-0.1, -0.05) is 54.0 Å². The molecule has 1 N–H and O–H groups in total. The molecule has 114 valence electrons. The molecule has 0 unspecified atom stereocenters. The Labute approximate surface area is 139 Å². The molecule has 0 spiro atoms. The van der Waals surface area contributed by atoms with Crippen LogP contribution in [0.4, 0.5) is 0 Å². The molecule has 0 saturated heterocycles. The van der Waals surface area contributed by atoms with Crippen molar-refractivity contribution in [3.05, 3.63) is 69.7 Å². The van der Waals surface area contributed by atoms with Crippen molar-refractivity contribution in [1.82, 2.24) is 5.43 Å². The number of hydrogen-bond acceptors (Lipinski definition) is 2. The molecule has 2 rings (SSSR count). The van der Waals surface area contributed by atoms with E-state index < -0.39 is 0 Å². The first-order chi connectivity index (χ1) is 10.5. The van der Waals surface area contributed by atoms with E-state index in [-0.39, 0.29) is 5.91 Å². The van der Waals surface area contributed by atoms with Crippen LogP contribution < -0.4 is 5.43 Å². The molecule has 0 radical (unpaired) electrons. The molecule has 4 heteroatoms. The zero-order valence-electron chi connectivity index (χ0n) is 12.9. The number of hydrazone groups is 1. The number of nitrogens with one attached hydrogen (secondary N) is 1. The SMILES string of the molecule is CC(=NNC(=O)c1ccc(C(C)C)cc1)c1cccc(Br)c1. The second-order valence-corrected chi connectivity index (χ2v) is 6.34. The minimum absolute atomic E-state index is 0.204. The van der Waals surface area contributed by atoms with Gasteiger partial charge in [-0.25, -0.2) is 5.43 Å². The normalized spacial score (nSPS) is 11.6. The molecule has 0 aliphatic carbocycles. The molecular weight excluding hydrogens is 340 g/mol. The van der Waals surface area contributed by atoms with Crippen LogP contribution in [0.3, 0.4) is 0 Å². The van der Waals surface area contributed by atoms with E-state index in [1.807, 2.05) is 55.5 Å². The summed E-state index contributed by atoms with van der Waals surface area (Å²) in [6.45, 7) is 6.12. The summed E-state index contributed by atoms with van der Waals surface area (Å²) in [6.07, 6.45) is 0. The molecule has 2 aromatic carbocycles. The van der Waals surface area contributed by atoms with Gasteiger partial charge in [-0.3, -0.25) is 4.79 Å². The standard InChI is InChI=1S/C18H19BrN2O/c1-12(2)14-7-9-15(10-8-14)18(22)21-20-13(3)16-5-4-6-17(19)11-16/h4-12H,1-3H3,(H,21,22). The fourth-order valence-corrected chi connectivity index (χ4v) is 2.40. The van der Waals surface area contributed by atoms with Crippen molar-refractivity contribution in [3.63, 3.8) is 0 Å². The summed E-state index contributed by atoms with van der Waals surface area (Å²) in [6, 6.07) is 15.4. The van der Waals surface area contributed by atoms with E-state index in [1.165, 1.54) is 5.56 Å². The molecule has 0 fully saturated rings. The number of nitrogens with zero attached hydrogens (tertiary/aromatic N) is 1. The van der Waals surface area contributed by atoms with Crippen LogP contribution >= 0.6 is 15.9 Å². The van der Waals surface area contributed by atoms with Crippen molar-refractivity contribution < 1.29 is 4.79 Å². The molecule has 0 aliphatic rings. The molecule has 0 saturated carbocycles. The zero-order chi connectivity index (χ0) is 16.1. The fraction of sp³-hybridized carbons (Fsp3) is 0.222. The number of rotatable bonds is 4. The van der Waals surface area contributed by atoms with Crippen LogP contribution in [0.15, 0.2) is 58.1 Å². The minimum Gasteiger partial charge on any atom is -0.267 e. The summed E-state index contributed by atoms with van der Waals surface area (Å²) in [5.74, 6) is 0.249. The molecule has 0 atom stereocenters. The molecule has 0 aliphatic heterocycles. The maximum absolute atomic E-state index is 12.1. The van der Waals surface area contributed by atoms with Crippen LogP contribution in [-0.4, -0.2) is 11.6 Å². The summed E-state index contributed by atoms with van der Waals surface area (Å²) in [5, 5.41) is 4.17. The average molecular weight is 359 g/mol. The van der Waals surface area contributed by atoms with Gasteiger partial charge in [0.15, 0.2) is 0 Å². The van der Waals surface area contributed by atoms with Gasteiger partial charge in [-0.2, -0.15) is 5.10 Å². The first-order valence-corrected chi connectivity index (χ1v) is 7.97. The highest BCUT2D eigenvalue weighted by Crippen LogP contribution is 2.15. The maximum atomic E-state index is 12.1. The quantitative estimate of drug-likeness (QED) is 0.623. The molecule has 1 amide bonds. The Morgan fingerprint density at radius 3 is 2.36 bits per heavy atom. The van der Waals surface area contributed by atoms with Crippen LogP contribution in [0.1, 0.15) is 48.2 Å². The molecule has 0 aromatic heterocycles. The lowest BCUT2D eigenvalue weighted by Crippen LogP contribution is -2.19. The summed E-state index contributed by atoms with van der Waals surface area (Å²) in [5.41, 5.74) is 6.14. The topological polar surface area (TPSA) is 41.5 Å². The van der Waals surface area contributed by atoms with E-state index in [0.29, 0.717) is 11.5 Å². The van der Waals surface area contributed by atoms with Crippen LogP contribution in [0.25, 0.3) is 0 Å². The van der Waals surface area contributed by atoms with Crippen molar-refractivity contribution in [1.29, 1.82) is 0 Å². The van der Waals surface area contributed by atoms with E-state index in [9.17, 15) is 4.79 Å². The number of amides is 1. The Hall–Kier alpha value is -1.94. The summed E-state index contributed by atoms with van der Waals surface area (Å²) >= 11 is 3.42. The predicted octanol–water partition coefficient (Wildman–Crippen LogP) is 4.73. The molecular formula is C18H19BrN2O. The summed E-state index contributed by atoms with van der Waals surface area (Å²) in [7, 11) is 0. The second-order valence-electron chi connectivity index (χ2n) is 5.43. The van der Waals surface area contributed by atoms with Gasteiger partial charge in [0.2, 0.25) is 0 Å². The Balaban J connectivity index is 2.07. The lowest BCUT2D eigenvalue weighted by molar-refractivity contribution is 0.0955. The van der Waals surface area contributed by atoms with Crippen LogP contribution in [0, 0.1) is 0 Å². The summed E-state index contributed by atoms with van der Waals surface area (Å²) in [4.78, 5) is 12.1. The van der Waals surface area contributed by atoms with E-state index in [2.05, 4.69) is 40.3 Å². The van der Waals surface area contributed by atoms with Gasteiger partial charge in [0.25, 0.3) is 5.91 Å². The minimum atomic E-state index is -0.204. The Kier molecular flexibility index (Phi) is 5.50. The number of benzene rings is 2. The highest BCUT2D eigenvalue weighted by atomic mass is 79.9. The Bertz CT molecular complexity index is 690. The molecule has 3 nitrogen and oxygen atoms in total. The van der Waals surface area contributed by atoms with Crippen LogP contribution in [-0.2, 0) is 0 Å². The van der Waals surface area contributed by atoms with Crippen LogP contribution in [0.5, 0.6) is 0 Å². The van der Waals surface area contributed by atoms with E-state index in [0.717, 1.165) is 15.7 Å². The first-order valence-electron chi connectivity index (χ1n) is 7.18.